The molecule has 1 aliphatic rings. The molecular weight excluding hydrogens is 364 g/mol. The smallest absolute Gasteiger partial charge is 0.249 e. The minimum atomic E-state index is -0.491. The molecule has 140 valence electrons. The van der Waals surface area contributed by atoms with Gasteiger partial charge in [0.15, 0.2) is 5.58 Å². The quantitative estimate of drug-likeness (QED) is 0.603. The summed E-state index contributed by atoms with van der Waals surface area (Å²) in [5, 5.41) is 9.53. The van der Waals surface area contributed by atoms with E-state index < -0.39 is 5.91 Å². The van der Waals surface area contributed by atoms with Gasteiger partial charge in [0.2, 0.25) is 5.91 Å². The fourth-order valence-electron chi connectivity index (χ4n) is 3.14. The van der Waals surface area contributed by atoms with Crippen LogP contribution in [0.15, 0.2) is 28.7 Å². The van der Waals surface area contributed by atoms with E-state index in [-0.39, 0.29) is 0 Å². The van der Waals surface area contributed by atoms with Crippen LogP contribution in [0.25, 0.3) is 16.7 Å². The lowest BCUT2D eigenvalue weighted by atomic mass is 10.0. The van der Waals surface area contributed by atoms with Gasteiger partial charge in [-0.05, 0) is 56.9 Å². The zero-order valence-corrected chi connectivity index (χ0v) is 16.4. The van der Waals surface area contributed by atoms with Crippen LogP contribution in [0.3, 0.4) is 0 Å². The van der Waals surface area contributed by atoms with E-state index in [1.54, 1.807) is 12.1 Å². The van der Waals surface area contributed by atoms with Crippen LogP contribution in [0.1, 0.15) is 33.6 Å². The maximum Gasteiger partial charge on any atom is 0.249 e. The van der Waals surface area contributed by atoms with Crippen LogP contribution in [0.4, 0.5) is 0 Å². The van der Waals surface area contributed by atoms with Gasteiger partial charge in [-0.1, -0.05) is 23.7 Å². The van der Waals surface area contributed by atoms with Gasteiger partial charge < -0.3 is 15.3 Å². The van der Waals surface area contributed by atoms with E-state index in [1.165, 1.54) is 11.1 Å². The van der Waals surface area contributed by atoms with Gasteiger partial charge in [0.05, 0.1) is 0 Å². The highest BCUT2D eigenvalue weighted by atomic mass is 35.5. The van der Waals surface area contributed by atoms with Gasteiger partial charge in [0.25, 0.3) is 0 Å². The number of phenolic OH excluding ortho intramolecular Hbond substituents is 1. The van der Waals surface area contributed by atoms with Crippen molar-refractivity contribution in [3.05, 3.63) is 63.0 Å². The molecule has 1 aliphatic carbocycles. The summed E-state index contributed by atoms with van der Waals surface area (Å²) in [5.41, 5.74) is 12.0. The number of primary amides is 1. The fraction of sp³-hybridized carbons (Fsp3) is 0.238. The number of nitrogens with two attached hydrogens (primary N) is 1. The van der Waals surface area contributed by atoms with Crippen LogP contribution in [0, 0.1) is 27.7 Å². The number of phenols is 1. The molecule has 2 aromatic heterocycles. The molecule has 5 nitrogen and oxygen atoms in total. The zero-order valence-electron chi connectivity index (χ0n) is 15.7. The molecule has 4 rings (SSSR count). The molecule has 2 heterocycles. The maximum absolute atomic E-state index is 11.3. The zero-order chi connectivity index (χ0) is 19.9. The summed E-state index contributed by atoms with van der Waals surface area (Å²) in [7, 11) is 0. The summed E-state index contributed by atoms with van der Waals surface area (Å²) in [4.78, 5) is 15.5. The summed E-state index contributed by atoms with van der Waals surface area (Å²) >= 11 is 6.10. The van der Waals surface area contributed by atoms with E-state index in [0.29, 0.717) is 39.6 Å². The highest BCUT2D eigenvalue weighted by molar-refractivity contribution is 6.35. The largest absolute Gasteiger partial charge is 0.508 e. The number of nitrogens with zero attached hydrogens (tertiary/aromatic N) is 1. The molecule has 3 N–H and O–H groups in total. The Morgan fingerprint density at radius 3 is 2.56 bits per heavy atom. The van der Waals surface area contributed by atoms with Gasteiger partial charge in [0, 0.05) is 22.8 Å². The number of rotatable bonds is 1. The maximum atomic E-state index is 11.3. The minimum absolute atomic E-state index is 0.302. The molecule has 0 saturated carbocycles. The Labute approximate surface area is 162 Å². The topological polar surface area (TPSA) is 89.4 Å². The molecule has 0 saturated heterocycles. The van der Waals surface area contributed by atoms with Crippen molar-refractivity contribution in [3.63, 3.8) is 0 Å². The van der Waals surface area contributed by atoms with Crippen molar-refractivity contribution in [2.75, 3.05) is 0 Å². The van der Waals surface area contributed by atoms with Crippen molar-refractivity contribution >= 4 is 34.2 Å². The number of hydrogen-bond acceptors (Lipinski definition) is 4. The predicted octanol–water partition coefficient (Wildman–Crippen LogP) is 4.53. The molecule has 0 spiro atoms. The number of carbonyl (C=O) groups excluding carboxylic acids is 1. The van der Waals surface area contributed by atoms with E-state index in [4.69, 9.17) is 21.8 Å². The predicted molar refractivity (Wildman–Crippen MR) is 107 cm³/mol. The highest BCUT2D eigenvalue weighted by Crippen LogP contribution is 2.37. The molecule has 0 unspecified atom stereocenters. The molecular formula is C21H21ClN2O3. The number of aromatic hydroxyl groups is 1. The lowest BCUT2D eigenvalue weighted by molar-refractivity contribution is -0.112. The number of halogens is 1. The number of hydrogen-bond donors (Lipinski definition) is 2. The van der Waals surface area contributed by atoms with Gasteiger partial charge in [-0.25, -0.2) is 4.98 Å². The Morgan fingerprint density at radius 2 is 1.93 bits per heavy atom. The normalized spacial score (nSPS) is 12.4. The van der Waals surface area contributed by atoms with Crippen molar-refractivity contribution in [1.29, 1.82) is 0 Å². The number of furan rings is 1. The second-order valence-electron chi connectivity index (χ2n) is 6.67. The summed E-state index contributed by atoms with van der Waals surface area (Å²) in [6, 6.07) is 5.49. The molecule has 0 bridgehead atoms. The molecule has 3 aromatic rings. The van der Waals surface area contributed by atoms with E-state index >= 15 is 0 Å². The average molecular weight is 385 g/mol. The van der Waals surface area contributed by atoms with E-state index in [9.17, 15) is 9.90 Å². The first-order valence-electron chi connectivity index (χ1n) is 8.55. The standard InChI is InChI=1S/C12H9ClN2O2.C9H12O/c1-5-4-8-10(17-5)6-2-3-7(12(14)16)9(6)11(13)15-8;1-6-4-5-9(10)8(3)7(6)2/h3-4H,2H2,1H3,(H2,14,16);4-5,10H,1-3H3. The number of carbonyl (C=O) groups is 1. The van der Waals surface area contributed by atoms with Gasteiger partial charge in [0.1, 0.15) is 22.2 Å². The monoisotopic (exact) mass is 384 g/mol. The van der Waals surface area contributed by atoms with Crippen LogP contribution in [0.5, 0.6) is 5.75 Å². The van der Waals surface area contributed by atoms with Crippen LogP contribution in [-0.2, 0) is 11.2 Å². The highest BCUT2D eigenvalue weighted by Gasteiger charge is 2.26. The van der Waals surface area contributed by atoms with Crippen LogP contribution >= 0.6 is 11.6 Å². The Morgan fingerprint density at radius 1 is 1.22 bits per heavy atom. The van der Waals surface area contributed by atoms with Crippen molar-refractivity contribution < 1.29 is 14.3 Å². The number of allylic oxidation sites excluding steroid dienone is 1. The molecule has 0 fully saturated rings. The number of aromatic nitrogens is 1. The van der Waals surface area contributed by atoms with Crippen LogP contribution < -0.4 is 5.73 Å². The molecule has 6 heteroatoms. The first-order chi connectivity index (χ1) is 12.7. The molecule has 27 heavy (non-hydrogen) atoms. The Bertz CT molecular complexity index is 1070. The van der Waals surface area contributed by atoms with Crippen LogP contribution in [0.2, 0.25) is 5.15 Å². The summed E-state index contributed by atoms with van der Waals surface area (Å²) in [6.07, 6.45) is 2.36. The van der Waals surface area contributed by atoms with Crippen molar-refractivity contribution in [1.82, 2.24) is 4.98 Å². The average Bonchev–Trinajstić information content (AvgIpc) is 3.20. The first kappa shape index (κ1) is 19.0. The van der Waals surface area contributed by atoms with E-state index in [2.05, 4.69) is 4.98 Å². The third-order valence-corrected chi connectivity index (χ3v) is 5.18. The molecule has 0 radical (unpaired) electrons. The van der Waals surface area contributed by atoms with Gasteiger partial charge in [-0.2, -0.15) is 0 Å². The number of fused-ring (bicyclic) bond motifs is 3. The summed E-state index contributed by atoms with van der Waals surface area (Å²) < 4.78 is 5.59. The Hall–Kier alpha value is -2.79. The molecule has 1 aromatic carbocycles. The number of amides is 1. The van der Waals surface area contributed by atoms with Crippen LogP contribution in [-0.4, -0.2) is 16.0 Å². The van der Waals surface area contributed by atoms with Crippen molar-refractivity contribution in [3.8, 4) is 5.75 Å². The second kappa shape index (κ2) is 7.08. The summed E-state index contributed by atoms with van der Waals surface area (Å²) in [6.45, 7) is 7.84. The molecule has 0 atom stereocenters. The molecule has 0 aliphatic heterocycles. The second-order valence-corrected chi connectivity index (χ2v) is 7.02. The van der Waals surface area contributed by atoms with Gasteiger partial charge in [-0.15, -0.1) is 0 Å². The summed E-state index contributed by atoms with van der Waals surface area (Å²) in [5.74, 6) is 0.669. The Balaban J connectivity index is 0.000000180. The number of aryl methyl sites for hydroxylation is 2. The minimum Gasteiger partial charge on any atom is -0.508 e. The van der Waals surface area contributed by atoms with E-state index in [1.807, 2.05) is 39.8 Å². The third kappa shape index (κ3) is 3.43. The number of pyridine rings is 1. The van der Waals surface area contributed by atoms with Gasteiger partial charge in [-0.3, -0.25) is 4.79 Å². The lowest BCUT2D eigenvalue weighted by Crippen LogP contribution is -2.12. The van der Waals surface area contributed by atoms with E-state index in [0.717, 1.165) is 16.9 Å². The van der Waals surface area contributed by atoms with Crippen molar-refractivity contribution in [2.45, 2.75) is 34.1 Å². The SMILES string of the molecule is Cc1cc2nc(Cl)c3c(c2o1)CC=C3C(N)=O.Cc1ccc(O)c(C)c1C. The number of benzene rings is 1. The van der Waals surface area contributed by atoms with Gasteiger partial charge >= 0.3 is 0 Å². The Kier molecular flexibility index (Phi) is 4.98. The first-order valence-corrected chi connectivity index (χ1v) is 8.93. The lowest BCUT2D eigenvalue weighted by Gasteiger charge is -2.04. The fourth-order valence-corrected chi connectivity index (χ4v) is 3.45. The third-order valence-electron chi connectivity index (χ3n) is 4.91. The molecule has 1 amide bonds. The van der Waals surface area contributed by atoms with Crippen molar-refractivity contribution in [2.24, 2.45) is 5.73 Å².